The summed E-state index contributed by atoms with van der Waals surface area (Å²) in [6, 6.07) is 7.46. The topological polar surface area (TPSA) is 50.2 Å². The number of aromatic nitrogens is 2. The summed E-state index contributed by atoms with van der Waals surface area (Å²) in [7, 11) is 1.95. The van der Waals surface area contributed by atoms with Gasteiger partial charge in [0, 0.05) is 44.1 Å². The lowest BCUT2D eigenvalue weighted by Crippen LogP contribution is -2.49. The Bertz CT molecular complexity index is 674. The molecule has 2 aromatic rings. The van der Waals surface area contributed by atoms with Gasteiger partial charge in [0.25, 0.3) is 0 Å². The number of nitrogens with one attached hydrogen (secondary N) is 1. The number of piperazine rings is 1. The zero-order valence-corrected chi connectivity index (χ0v) is 14.5. The zero-order chi connectivity index (χ0) is 15.5. The van der Waals surface area contributed by atoms with Crippen molar-refractivity contribution < 1.29 is 4.79 Å². The van der Waals surface area contributed by atoms with Gasteiger partial charge >= 0.3 is 0 Å². The molecule has 1 N–H and O–H groups in total. The highest BCUT2D eigenvalue weighted by molar-refractivity contribution is 6.31. The van der Waals surface area contributed by atoms with Crippen LogP contribution in [-0.2, 0) is 18.3 Å². The minimum Gasteiger partial charge on any atom is -0.336 e. The number of hydrogen-bond acceptors (Lipinski definition) is 3. The molecule has 1 atom stereocenters. The highest BCUT2D eigenvalue weighted by Gasteiger charge is 2.30. The van der Waals surface area contributed by atoms with Crippen LogP contribution in [0.15, 0.2) is 36.7 Å². The van der Waals surface area contributed by atoms with Gasteiger partial charge in [0.05, 0.1) is 6.42 Å². The molecule has 0 radical (unpaired) electrons. The molecule has 1 amide bonds. The Morgan fingerprint density at radius 2 is 2.22 bits per heavy atom. The maximum absolute atomic E-state index is 12.7. The molecule has 7 heteroatoms. The van der Waals surface area contributed by atoms with E-state index in [0.717, 1.165) is 24.5 Å². The molecule has 1 aliphatic rings. The Morgan fingerprint density at radius 3 is 2.91 bits per heavy atom. The zero-order valence-electron chi connectivity index (χ0n) is 12.9. The molecule has 1 aromatic carbocycles. The van der Waals surface area contributed by atoms with E-state index in [4.69, 9.17) is 11.6 Å². The van der Waals surface area contributed by atoms with E-state index in [0.29, 0.717) is 18.0 Å². The summed E-state index contributed by atoms with van der Waals surface area (Å²) in [6.07, 6.45) is 3.99. The normalized spacial score (nSPS) is 17.7. The van der Waals surface area contributed by atoms with Crippen LogP contribution in [-0.4, -0.2) is 40.0 Å². The van der Waals surface area contributed by atoms with Crippen molar-refractivity contribution in [1.82, 2.24) is 19.8 Å². The van der Waals surface area contributed by atoms with Crippen LogP contribution < -0.4 is 5.32 Å². The lowest BCUT2D eigenvalue weighted by atomic mass is 10.1. The van der Waals surface area contributed by atoms with E-state index in [1.807, 2.05) is 47.0 Å². The molecular weight excluding hydrogens is 335 g/mol. The molecular formula is C16H20Cl2N4O. The second-order valence-corrected chi connectivity index (χ2v) is 5.88. The van der Waals surface area contributed by atoms with Gasteiger partial charge in [-0.25, -0.2) is 4.98 Å². The molecule has 1 saturated heterocycles. The van der Waals surface area contributed by atoms with E-state index >= 15 is 0 Å². The average Bonchev–Trinajstić information content (AvgIpc) is 2.95. The third kappa shape index (κ3) is 3.86. The molecule has 23 heavy (non-hydrogen) atoms. The van der Waals surface area contributed by atoms with Gasteiger partial charge in [0.1, 0.15) is 11.9 Å². The van der Waals surface area contributed by atoms with E-state index in [2.05, 4.69) is 10.3 Å². The average molecular weight is 355 g/mol. The SMILES string of the molecule is Cl.Cn1ccnc1C1CNCCN1C(=O)Cc1ccccc1Cl. The number of nitrogens with zero attached hydrogens (tertiary/aromatic N) is 3. The van der Waals surface area contributed by atoms with Crippen LogP contribution in [0.3, 0.4) is 0 Å². The molecule has 0 aliphatic carbocycles. The summed E-state index contributed by atoms with van der Waals surface area (Å²) in [5, 5.41) is 3.98. The second-order valence-electron chi connectivity index (χ2n) is 5.47. The van der Waals surface area contributed by atoms with Crippen LogP contribution in [0, 0.1) is 0 Å². The van der Waals surface area contributed by atoms with Crippen molar-refractivity contribution >= 4 is 29.9 Å². The van der Waals surface area contributed by atoms with Crippen molar-refractivity contribution in [2.45, 2.75) is 12.5 Å². The van der Waals surface area contributed by atoms with Gasteiger partial charge in [-0.05, 0) is 11.6 Å². The van der Waals surface area contributed by atoms with Gasteiger partial charge in [-0.3, -0.25) is 4.79 Å². The van der Waals surface area contributed by atoms with E-state index in [-0.39, 0.29) is 24.4 Å². The smallest absolute Gasteiger partial charge is 0.227 e. The molecule has 0 saturated carbocycles. The van der Waals surface area contributed by atoms with Crippen LogP contribution in [0.4, 0.5) is 0 Å². The summed E-state index contributed by atoms with van der Waals surface area (Å²) in [5.41, 5.74) is 0.867. The third-order valence-corrected chi connectivity index (χ3v) is 4.39. The molecule has 0 bridgehead atoms. The van der Waals surface area contributed by atoms with E-state index in [1.165, 1.54) is 0 Å². The van der Waals surface area contributed by atoms with Gasteiger partial charge in [-0.2, -0.15) is 0 Å². The van der Waals surface area contributed by atoms with Gasteiger partial charge in [0.2, 0.25) is 5.91 Å². The van der Waals surface area contributed by atoms with Gasteiger partial charge in [-0.15, -0.1) is 12.4 Å². The summed E-state index contributed by atoms with van der Waals surface area (Å²) >= 11 is 6.17. The first kappa shape index (κ1) is 17.8. The lowest BCUT2D eigenvalue weighted by Gasteiger charge is -2.36. The summed E-state index contributed by atoms with van der Waals surface area (Å²) in [4.78, 5) is 19.0. The van der Waals surface area contributed by atoms with Crippen molar-refractivity contribution in [2.24, 2.45) is 7.05 Å². The highest BCUT2D eigenvalue weighted by atomic mass is 35.5. The summed E-state index contributed by atoms with van der Waals surface area (Å²) in [6.45, 7) is 2.20. The fourth-order valence-corrected chi connectivity index (χ4v) is 3.04. The van der Waals surface area contributed by atoms with Crippen LogP contribution in [0.25, 0.3) is 0 Å². The Labute approximate surface area is 147 Å². The van der Waals surface area contributed by atoms with Crippen LogP contribution in [0.5, 0.6) is 0 Å². The number of amides is 1. The number of carbonyl (C=O) groups excluding carboxylic acids is 1. The molecule has 0 spiro atoms. The number of carbonyl (C=O) groups is 1. The Kier molecular flexibility index (Phi) is 6.04. The predicted molar refractivity (Wildman–Crippen MR) is 92.9 cm³/mol. The number of hydrogen-bond donors (Lipinski definition) is 1. The molecule has 1 aromatic heterocycles. The third-order valence-electron chi connectivity index (χ3n) is 4.02. The van der Waals surface area contributed by atoms with Crippen molar-refractivity contribution in [3.8, 4) is 0 Å². The first-order chi connectivity index (χ1) is 10.7. The molecule has 1 unspecified atom stereocenters. The summed E-state index contributed by atoms with van der Waals surface area (Å²) in [5.74, 6) is 0.988. The molecule has 1 fully saturated rings. The Balaban J connectivity index is 0.00000192. The number of aryl methyl sites for hydroxylation is 1. The predicted octanol–water partition coefficient (Wildman–Crippen LogP) is 2.21. The maximum Gasteiger partial charge on any atom is 0.227 e. The number of benzene rings is 1. The molecule has 5 nitrogen and oxygen atoms in total. The van der Waals surface area contributed by atoms with Gasteiger partial charge < -0.3 is 14.8 Å². The lowest BCUT2D eigenvalue weighted by molar-refractivity contribution is -0.134. The maximum atomic E-state index is 12.7. The van der Waals surface area contributed by atoms with Crippen molar-refractivity contribution in [2.75, 3.05) is 19.6 Å². The highest BCUT2D eigenvalue weighted by Crippen LogP contribution is 2.23. The summed E-state index contributed by atoms with van der Waals surface area (Å²) < 4.78 is 1.97. The Hall–Kier alpha value is -1.56. The van der Waals surface area contributed by atoms with Crippen LogP contribution in [0.1, 0.15) is 17.4 Å². The van der Waals surface area contributed by atoms with Crippen LogP contribution in [0.2, 0.25) is 5.02 Å². The number of halogens is 2. The molecule has 1 aliphatic heterocycles. The van der Waals surface area contributed by atoms with Crippen molar-refractivity contribution in [3.05, 3.63) is 53.1 Å². The van der Waals surface area contributed by atoms with Crippen molar-refractivity contribution in [3.63, 3.8) is 0 Å². The molecule has 2 heterocycles. The fraction of sp³-hybridized carbons (Fsp3) is 0.375. The first-order valence-electron chi connectivity index (χ1n) is 7.37. The largest absolute Gasteiger partial charge is 0.336 e. The minimum absolute atomic E-state index is 0. The standard InChI is InChI=1S/C16H19ClN4O.ClH/c1-20-8-7-19-16(20)14-11-18-6-9-21(14)15(22)10-12-4-2-3-5-13(12)17;/h2-5,7-8,14,18H,6,9-11H2,1H3;1H. The van der Waals surface area contributed by atoms with E-state index in [9.17, 15) is 4.79 Å². The number of rotatable bonds is 3. The van der Waals surface area contributed by atoms with Gasteiger partial charge in [0.15, 0.2) is 0 Å². The monoisotopic (exact) mass is 354 g/mol. The van der Waals surface area contributed by atoms with E-state index < -0.39 is 0 Å². The molecule has 124 valence electrons. The minimum atomic E-state index is -0.0382. The molecule has 3 rings (SSSR count). The second kappa shape index (κ2) is 7.81. The van der Waals surface area contributed by atoms with E-state index in [1.54, 1.807) is 6.20 Å². The Morgan fingerprint density at radius 1 is 1.43 bits per heavy atom. The quantitative estimate of drug-likeness (QED) is 0.919. The van der Waals surface area contributed by atoms with Crippen molar-refractivity contribution in [1.29, 1.82) is 0 Å². The van der Waals surface area contributed by atoms with Crippen LogP contribution >= 0.6 is 24.0 Å². The first-order valence-corrected chi connectivity index (χ1v) is 7.75. The fourth-order valence-electron chi connectivity index (χ4n) is 2.84. The number of imidazole rings is 1. The van der Waals surface area contributed by atoms with Gasteiger partial charge in [-0.1, -0.05) is 29.8 Å².